The van der Waals surface area contributed by atoms with Crippen LogP contribution in [0.25, 0.3) is 0 Å². The van der Waals surface area contributed by atoms with Gasteiger partial charge < -0.3 is 20.8 Å². The molecule has 0 spiro atoms. The summed E-state index contributed by atoms with van der Waals surface area (Å²) in [5.74, 6) is -0.924. The molecule has 1 aliphatic rings. The van der Waals surface area contributed by atoms with Crippen LogP contribution in [0.1, 0.15) is 34.0 Å². The first kappa shape index (κ1) is 34.1. The summed E-state index contributed by atoms with van der Waals surface area (Å²) in [5.41, 5.74) is 2.71. The number of amides is 1. The van der Waals surface area contributed by atoms with Gasteiger partial charge in [0.2, 0.25) is 10.0 Å². The zero-order valence-corrected chi connectivity index (χ0v) is 25.2. The van der Waals surface area contributed by atoms with Crippen molar-refractivity contribution in [2.24, 2.45) is 0 Å². The van der Waals surface area contributed by atoms with Crippen LogP contribution in [0.15, 0.2) is 71.6 Å². The Morgan fingerprint density at radius 3 is 2.30 bits per heavy atom. The maximum atomic E-state index is 13.8. The third-order valence-corrected chi connectivity index (χ3v) is 9.70. The van der Waals surface area contributed by atoms with Crippen LogP contribution in [-0.4, -0.2) is 72.2 Å². The molecule has 1 saturated heterocycles. The molecule has 0 aromatic heterocycles. The van der Waals surface area contributed by atoms with Crippen LogP contribution >= 0.6 is 11.8 Å². The molecule has 13 heteroatoms. The fourth-order valence-corrected chi connectivity index (χ4v) is 7.31. The van der Waals surface area contributed by atoms with E-state index in [1.54, 1.807) is 0 Å². The second kappa shape index (κ2) is 16.5. The fourth-order valence-electron chi connectivity index (χ4n) is 4.50. The van der Waals surface area contributed by atoms with Crippen LogP contribution in [0.3, 0.4) is 0 Å². The highest BCUT2D eigenvalue weighted by Crippen LogP contribution is 2.23. The van der Waals surface area contributed by atoms with Gasteiger partial charge in [0.1, 0.15) is 11.6 Å². The highest BCUT2D eigenvalue weighted by atomic mass is 32.2. The van der Waals surface area contributed by atoms with Crippen molar-refractivity contribution in [2.45, 2.75) is 43.4 Å². The minimum atomic E-state index is -3.64. The third-order valence-electron chi connectivity index (χ3n) is 6.72. The molecule has 0 saturated carbocycles. The molecule has 1 amide bonds. The summed E-state index contributed by atoms with van der Waals surface area (Å²) in [7, 11) is -3.64. The van der Waals surface area contributed by atoms with Crippen molar-refractivity contribution >= 4 is 34.2 Å². The molecule has 4 N–H and O–H groups in total. The Hall–Kier alpha value is -3.36. The molecule has 1 fully saturated rings. The lowest BCUT2D eigenvalue weighted by atomic mass is 10.00. The van der Waals surface area contributed by atoms with E-state index < -0.39 is 39.7 Å². The van der Waals surface area contributed by atoms with Gasteiger partial charge >= 0.3 is 0 Å². The summed E-state index contributed by atoms with van der Waals surface area (Å²) in [6.45, 7) is 2.86. The standard InChI is InChI=1S/C29H33F2N3O4S2.CH2O2/c1-2-20-4-3-5-21(12-20)17-32-18-28(35)27(15-22-13-24(30)16-25(31)14-22)33-29(36)23-6-8-26(9-7-23)40(37,38)34-10-11-39-19-34;2-1-3/h3-9,12-14,16,27-28,32,35H,2,10-11,15,17-19H2,1H3,(H,33,36);1H,(H,2,3)/t27-,28+;/m0./s1. The number of carbonyl (C=O) groups is 2. The summed E-state index contributed by atoms with van der Waals surface area (Å²) in [4.78, 5) is 21.6. The molecule has 0 aliphatic carbocycles. The lowest BCUT2D eigenvalue weighted by molar-refractivity contribution is -0.122. The van der Waals surface area contributed by atoms with Gasteiger partial charge in [-0.1, -0.05) is 31.2 Å². The maximum absolute atomic E-state index is 13.8. The zero-order valence-electron chi connectivity index (χ0n) is 23.6. The van der Waals surface area contributed by atoms with Gasteiger partial charge in [0.25, 0.3) is 12.4 Å². The van der Waals surface area contributed by atoms with Crippen LogP contribution in [0.4, 0.5) is 8.78 Å². The molecule has 4 rings (SSSR count). The topological polar surface area (TPSA) is 136 Å². The number of aryl methyl sites for hydroxylation is 1. The number of hydrogen-bond donors (Lipinski definition) is 4. The van der Waals surface area contributed by atoms with Gasteiger partial charge in [-0.2, -0.15) is 4.31 Å². The fraction of sp³-hybridized carbons (Fsp3) is 0.333. The lowest BCUT2D eigenvalue weighted by Crippen LogP contribution is -2.48. The molecule has 9 nitrogen and oxygen atoms in total. The van der Waals surface area contributed by atoms with E-state index in [-0.39, 0.29) is 35.5 Å². The van der Waals surface area contributed by atoms with Crippen LogP contribution in [0, 0.1) is 11.6 Å². The van der Waals surface area contributed by atoms with Gasteiger partial charge in [-0.15, -0.1) is 11.8 Å². The van der Waals surface area contributed by atoms with Crippen LogP contribution < -0.4 is 10.6 Å². The van der Waals surface area contributed by atoms with E-state index in [1.165, 1.54) is 45.9 Å². The van der Waals surface area contributed by atoms with E-state index in [4.69, 9.17) is 9.90 Å². The van der Waals surface area contributed by atoms with Gasteiger partial charge in [-0.3, -0.25) is 9.59 Å². The van der Waals surface area contributed by atoms with E-state index in [0.717, 1.165) is 35.9 Å². The molecule has 0 unspecified atom stereocenters. The van der Waals surface area contributed by atoms with E-state index in [0.29, 0.717) is 19.0 Å². The number of thioether (sulfide) groups is 1. The molecule has 232 valence electrons. The average molecular weight is 636 g/mol. The zero-order chi connectivity index (χ0) is 31.4. The molecule has 3 aromatic rings. The predicted octanol–water partition coefficient (Wildman–Crippen LogP) is 3.41. The number of benzene rings is 3. The molecule has 1 heterocycles. The van der Waals surface area contributed by atoms with E-state index in [2.05, 4.69) is 23.6 Å². The van der Waals surface area contributed by atoms with Gasteiger partial charge in [0.15, 0.2) is 0 Å². The molecule has 43 heavy (non-hydrogen) atoms. The Balaban J connectivity index is 0.00000162. The summed E-state index contributed by atoms with van der Waals surface area (Å²) in [6.07, 6.45) is -0.205. The van der Waals surface area contributed by atoms with Crippen molar-refractivity contribution in [3.05, 3.63) is 101 Å². The molecule has 3 aromatic carbocycles. The number of hydrogen-bond acceptors (Lipinski definition) is 7. The molecule has 1 aliphatic heterocycles. The molecular weight excluding hydrogens is 600 g/mol. The number of nitrogens with one attached hydrogen (secondary N) is 2. The first-order chi connectivity index (χ1) is 20.6. The number of aliphatic hydroxyl groups excluding tert-OH is 1. The Morgan fingerprint density at radius 2 is 1.70 bits per heavy atom. The number of rotatable bonds is 12. The summed E-state index contributed by atoms with van der Waals surface area (Å²) >= 11 is 1.54. The molecule has 0 bridgehead atoms. The van der Waals surface area contributed by atoms with E-state index in [1.807, 2.05) is 18.2 Å². The Kier molecular flexibility index (Phi) is 13.1. The van der Waals surface area contributed by atoms with Crippen molar-refractivity contribution in [1.82, 2.24) is 14.9 Å². The van der Waals surface area contributed by atoms with E-state index >= 15 is 0 Å². The highest BCUT2D eigenvalue weighted by molar-refractivity contribution is 8.00. The number of halogens is 2. The van der Waals surface area contributed by atoms with Crippen molar-refractivity contribution in [2.75, 3.05) is 24.7 Å². The van der Waals surface area contributed by atoms with Crippen molar-refractivity contribution in [3.63, 3.8) is 0 Å². The van der Waals surface area contributed by atoms with Crippen LogP contribution in [-0.2, 0) is 34.2 Å². The van der Waals surface area contributed by atoms with Crippen LogP contribution in [0.5, 0.6) is 0 Å². The Labute approximate surface area is 254 Å². The highest BCUT2D eigenvalue weighted by Gasteiger charge is 2.28. The normalized spacial score (nSPS) is 14.8. The number of carboxylic acid groups (broad SMARTS) is 1. The van der Waals surface area contributed by atoms with Crippen molar-refractivity contribution < 1.29 is 37.0 Å². The van der Waals surface area contributed by atoms with Gasteiger partial charge in [0.05, 0.1) is 22.9 Å². The molecular formula is C30H35F2N3O6S2. The summed E-state index contributed by atoms with van der Waals surface area (Å²) in [5, 5.41) is 23.8. The summed E-state index contributed by atoms with van der Waals surface area (Å²) < 4.78 is 54.7. The second-order valence-corrected chi connectivity index (χ2v) is 12.8. The van der Waals surface area contributed by atoms with E-state index in [9.17, 15) is 27.1 Å². The Bertz CT molecular complexity index is 1450. The number of nitrogens with zero attached hydrogens (tertiary/aromatic N) is 1. The van der Waals surface area contributed by atoms with Gasteiger partial charge in [0, 0.05) is 37.0 Å². The average Bonchev–Trinajstić information content (AvgIpc) is 3.53. The number of aliphatic hydroxyl groups is 1. The minimum Gasteiger partial charge on any atom is -0.483 e. The lowest BCUT2D eigenvalue weighted by Gasteiger charge is -2.25. The Morgan fingerprint density at radius 1 is 1.05 bits per heavy atom. The molecule has 2 atom stereocenters. The molecule has 0 radical (unpaired) electrons. The maximum Gasteiger partial charge on any atom is 0.290 e. The smallest absolute Gasteiger partial charge is 0.290 e. The summed E-state index contributed by atoms with van der Waals surface area (Å²) in [6, 6.07) is 15.8. The second-order valence-electron chi connectivity index (χ2n) is 9.78. The monoisotopic (exact) mass is 635 g/mol. The first-order valence-corrected chi connectivity index (χ1v) is 16.1. The van der Waals surface area contributed by atoms with Crippen LogP contribution in [0.2, 0.25) is 0 Å². The van der Waals surface area contributed by atoms with Gasteiger partial charge in [-0.25, -0.2) is 17.2 Å². The predicted molar refractivity (Wildman–Crippen MR) is 161 cm³/mol. The number of sulfonamides is 1. The van der Waals surface area contributed by atoms with Gasteiger partial charge in [-0.05, 0) is 65.9 Å². The number of carbonyl (C=O) groups excluding carboxylic acids is 1. The van der Waals surface area contributed by atoms with Crippen molar-refractivity contribution in [3.8, 4) is 0 Å². The third kappa shape index (κ3) is 10.1. The SMILES string of the molecule is CCc1cccc(CNC[C@@H](O)[C@H](Cc2cc(F)cc(F)c2)NC(=O)c2ccc(S(=O)(=O)N3CCSC3)cc2)c1.O=CO. The quantitative estimate of drug-likeness (QED) is 0.223. The van der Waals surface area contributed by atoms with Crippen molar-refractivity contribution in [1.29, 1.82) is 0 Å². The first-order valence-electron chi connectivity index (χ1n) is 13.6. The largest absolute Gasteiger partial charge is 0.483 e. The minimum absolute atomic E-state index is 0.0202.